The zero-order chi connectivity index (χ0) is 10.7. The molecule has 0 bridgehead atoms. The third-order valence-corrected chi connectivity index (χ3v) is 2.99. The molecule has 82 valence electrons. The van der Waals surface area contributed by atoms with Gasteiger partial charge in [-0.1, -0.05) is 6.92 Å². The zero-order valence-electron chi connectivity index (χ0n) is 9.19. The normalized spacial score (nSPS) is 19.3. The maximum atomic E-state index is 5.49. The average molecular weight is 206 g/mol. The van der Waals surface area contributed by atoms with E-state index in [1.165, 1.54) is 25.9 Å². The summed E-state index contributed by atoms with van der Waals surface area (Å²) in [6.45, 7) is 5.57. The second-order valence-corrected chi connectivity index (χ2v) is 4.39. The van der Waals surface area contributed by atoms with Crippen molar-refractivity contribution in [3.8, 4) is 0 Å². The Morgan fingerprint density at radius 2 is 2.07 bits per heavy atom. The summed E-state index contributed by atoms with van der Waals surface area (Å²) in [5.74, 6) is 1.37. The molecule has 0 radical (unpaired) electrons. The summed E-state index contributed by atoms with van der Waals surface area (Å²) in [4.78, 5) is 10.7. The summed E-state index contributed by atoms with van der Waals surface area (Å²) >= 11 is 0. The van der Waals surface area contributed by atoms with E-state index in [1.54, 1.807) is 12.4 Å². The van der Waals surface area contributed by atoms with Crippen molar-refractivity contribution in [2.45, 2.75) is 26.3 Å². The van der Waals surface area contributed by atoms with Gasteiger partial charge in [-0.05, 0) is 31.8 Å². The molecule has 1 fully saturated rings. The van der Waals surface area contributed by atoms with E-state index in [4.69, 9.17) is 5.73 Å². The van der Waals surface area contributed by atoms with Gasteiger partial charge in [0.1, 0.15) is 5.82 Å². The van der Waals surface area contributed by atoms with Crippen LogP contribution in [0.3, 0.4) is 0 Å². The highest BCUT2D eigenvalue weighted by Crippen LogP contribution is 2.17. The number of anilines is 1. The summed E-state index contributed by atoms with van der Waals surface area (Å²) in [7, 11) is 0. The van der Waals surface area contributed by atoms with Crippen molar-refractivity contribution >= 4 is 5.82 Å². The molecule has 0 saturated carbocycles. The molecule has 15 heavy (non-hydrogen) atoms. The predicted molar refractivity (Wildman–Crippen MR) is 60.1 cm³/mol. The first kappa shape index (κ1) is 10.4. The van der Waals surface area contributed by atoms with Gasteiger partial charge in [-0.3, -0.25) is 9.88 Å². The number of aromatic nitrogens is 2. The molecule has 0 aromatic carbocycles. The fourth-order valence-electron chi connectivity index (χ4n) is 1.90. The largest absolute Gasteiger partial charge is 0.382 e. The molecule has 2 N–H and O–H groups in total. The SMILES string of the molecule is CC1CCN(Cc2cnc(N)cn2)CC1. The van der Waals surface area contributed by atoms with Gasteiger partial charge in [-0.25, -0.2) is 4.98 Å². The number of piperidine rings is 1. The van der Waals surface area contributed by atoms with E-state index < -0.39 is 0 Å². The van der Waals surface area contributed by atoms with Gasteiger partial charge < -0.3 is 5.73 Å². The van der Waals surface area contributed by atoms with Crippen molar-refractivity contribution in [1.29, 1.82) is 0 Å². The molecule has 4 heteroatoms. The van der Waals surface area contributed by atoms with Crippen molar-refractivity contribution in [3.05, 3.63) is 18.1 Å². The van der Waals surface area contributed by atoms with E-state index in [0.717, 1.165) is 18.2 Å². The fraction of sp³-hybridized carbons (Fsp3) is 0.636. The Labute approximate surface area is 90.5 Å². The van der Waals surface area contributed by atoms with E-state index in [9.17, 15) is 0 Å². The molecule has 2 heterocycles. The molecule has 0 aliphatic carbocycles. The molecule has 1 saturated heterocycles. The van der Waals surface area contributed by atoms with E-state index in [-0.39, 0.29) is 0 Å². The Hall–Kier alpha value is -1.16. The van der Waals surface area contributed by atoms with Gasteiger partial charge in [-0.2, -0.15) is 0 Å². The summed E-state index contributed by atoms with van der Waals surface area (Å²) < 4.78 is 0. The molecule has 0 unspecified atom stereocenters. The standard InChI is InChI=1S/C11H18N4/c1-9-2-4-15(5-3-9)8-10-6-14-11(12)7-13-10/h6-7,9H,2-5,8H2,1H3,(H2,12,14). The maximum absolute atomic E-state index is 5.49. The van der Waals surface area contributed by atoms with Gasteiger partial charge in [0, 0.05) is 6.54 Å². The smallest absolute Gasteiger partial charge is 0.141 e. The number of likely N-dealkylation sites (tertiary alicyclic amines) is 1. The highest BCUT2D eigenvalue weighted by atomic mass is 15.1. The molecule has 1 aliphatic heterocycles. The number of nitrogens with zero attached hydrogens (tertiary/aromatic N) is 3. The molecule has 0 spiro atoms. The van der Waals surface area contributed by atoms with Crippen LogP contribution >= 0.6 is 0 Å². The highest BCUT2D eigenvalue weighted by molar-refractivity contribution is 5.22. The monoisotopic (exact) mass is 206 g/mol. The molecule has 1 aromatic rings. The van der Waals surface area contributed by atoms with E-state index in [1.807, 2.05) is 0 Å². The molecule has 1 aromatic heterocycles. The van der Waals surface area contributed by atoms with E-state index in [2.05, 4.69) is 21.8 Å². The summed E-state index contributed by atoms with van der Waals surface area (Å²) in [5.41, 5.74) is 6.50. The third-order valence-electron chi connectivity index (χ3n) is 2.99. The molecular weight excluding hydrogens is 188 g/mol. The van der Waals surface area contributed by atoms with Crippen LogP contribution in [0.1, 0.15) is 25.5 Å². The third kappa shape index (κ3) is 2.89. The van der Waals surface area contributed by atoms with Crippen LogP contribution in [0.15, 0.2) is 12.4 Å². The first-order chi connectivity index (χ1) is 7.24. The number of rotatable bonds is 2. The number of hydrogen-bond acceptors (Lipinski definition) is 4. The van der Waals surface area contributed by atoms with E-state index in [0.29, 0.717) is 5.82 Å². The Balaban J connectivity index is 1.89. The first-order valence-electron chi connectivity index (χ1n) is 5.53. The molecular formula is C11H18N4. The first-order valence-corrected chi connectivity index (χ1v) is 5.53. The van der Waals surface area contributed by atoms with E-state index >= 15 is 0 Å². The van der Waals surface area contributed by atoms with Crippen LogP contribution in [0.5, 0.6) is 0 Å². The van der Waals surface area contributed by atoms with Crippen LogP contribution in [0, 0.1) is 5.92 Å². The Morgan fingerprint density at radius 1 is 1.33 bits per heavy atom. The second kappa shape index (κ2) is 4.57. The van der Waals surface area contributed by atoms with Gasteiger partial charge >= 0.3 is 0 Å². The van der Waals surface area contributed by atoms with Crippen LogP contribution in [0.2, 0.25) is 0 Å². The Kier molecular flexibility index (Phi) is 3.16. The average Bonchev–Trinajstić information content (AvgIpc) is 2.25. The minimum Gasteiger partial charge on any atom is -0.382 e. The molecule has 4 nitrogen and oxygen atoms in total. The second-order valence-electron chi connectivity index (χ2n) is 4.39. The Morgan fingerprint density at radius 3 is 2.67 bits per heavy atom. The summed E-state index contributed by atoms with van der Waals surface area (Å²) in [6, 6.07) is 0. The minimum atomic E-state index is 0.492. The van der Waals surface area contributed by atoms with Crippen LogP contribution in [-0.4, -0.2) is 28.0 Å². The number of nitrogen functional groups attached to an aromatic ring is 1. The van der Waals surface area contributed by atoms with Crippen LogP contribution < -0.4 is 5.73 Å². The lowest BCUT2D eigenvalue weighted by Crippen LogP contribution is -2.32. The fourth-order valence-corrected chi connectivity index (χ4v) is 1.90. The minimum absolute atomic E-state index is 0.492. The molecule has 1 aliphatic rings. The van der Waals surface area contributed by atoms with Crippen LogP contribution in [-0.2, 0) is 6.54 Å². The van der Waals surface area contributed by atoms with Gasteiger partial charge in [0.05, 0.1) is 18.1 Å². The van der Waals surface area contributed by atoms with Crippen molar-refractivity contribution in [2.24, 2.45) is 5.92 Å². The lowest BCUT2D eigenvalue weighted by Gasteiger charge is -2.29. The summed E-state index contributed by atoms with van der Waals surface area (Å²) in [5, 5.41) is 0. The van der Waals surface area contributed by atoms with Crippen molar-refractivity contribution < 1.29 is 0 Å². The summed E-state index contributed by atoms with van der Waals surface area (Å²) in [6.07, 6.45) is 5.99. The lowest BCUT2D eigenvalue weighted by molar-refractivity contribution is 0.183. The van der Waals surface area contributed by atoms with Gasteiger partial charge in [0.2, 0.25) is 0 Å². The quantitative estimate of drug-likeness (QED) is 0.792. The molecule has 2 rings (SSSR count). The van der Waals surface area contributed by atoms with Gasteiger partial charge in [-0.15, -0.1) is 0 Å². The Bertz CT molecular complexity index is 301. The topological polar surface area (TPSA) is 55.0 Å². The van der Waals surface area contributed by atoms with Crippen molar-refractivity contribution in [3.63, 3.8) is 0 Å². The molecule has 0 amide bonds. The van der Waals surface area contributed by atoms with Crippen LogP contribution in [0.25, 0.3) is 0 Å². The van der Waals surface area contributed by atoms with Crippen LogP contribution in [0.4, 0.5) is 5.82 Å². The van der Waals surface area contributed by atoms with Crippen molar-refractivity contribution in [2.75, 3.05) is 18.8 Å². The highest BCUT2D eigenvalue weighted by Gasteiger charge is 2.15. The number of nitrogens with two attached hydrogens (primary N) is 1. The molecule has 0 atom stereocenters. The van der Waals surface area contributed by atoms with Crippen molar-refractivity contribution in [1.82, 2.24) is 14.9 Å². The predicted octanol–water partition coefficient (Wildman–Crippen LogP) is 1.29. The van der Waals surface area contributed by atoms with Gasteiger partial charge in [0.25, 0.3) is 0 Å². The zero-order valence-corrected chi connectivity index (χ0v) is 9.19. The van der Waals surface area contributed by atoms with Gasteiger partial charge in [0.15, 0.2) is 0 Å². The lowest BCUT2D eigenvalue weighted by atomic mass is 9.99. The number of hydrogen-bond donors (Lipinski definition) is 1. The maximum Gasteiger partial charge on any atom is 0.141 e.